The van der Waals surface area contributed by atoms with Crippen LogP contribution in [0, 0.1) is 23.7 Å². The number of nitrogens with one attached hydrogen (secondary N) is 1. The third kappa shape index (κ3) is 3.06. The van der Waals surface area contributed by atoms with Gasteiger partial charge in [0.25, 0.3) is 0 Å². The number of aryl methyl sites for hydroxylation is 1. The number of rotatable bonds is 6. The number of carbonyl (C=O) groups is 3. The first-order valence-electron chi connectivity index (χ1n) is 10.3. The quantitative estimate of drug-likeness (QED) is 0.570. The van der Waals surface area contributed by atoms with E-state index >= 15 is 0 Å². The van der Waals surface area contributed by atoms with Gasteiger partial charge in [-0.1, -0.05) is 60.7 Å². The maximum absolute atomic E-state index is 13.3. The lowest BCUT2D eigenvalue weighted by Crippen LogP contribution is -2.49. The zero-order valence-electron chi connectivity index (χ0n) is 16.5. The van der Waals surface area contributed by atoms with E-state index in [-0.39, 0.29) is 41.9 Å². The molecule has 0 spiro atoms. The van der Waals surface area contributed by atoms with Gasteiger partial charge in [0, 0.05) is 6.42 Å². The van der Waals surface area contributed by atoms with Gasteiger partial charge < -0.3 is 0 Å². The third-order valence-electron chi connectivity index (χ3n) is 6.39. The number of imide groups is 1. The Hall–Kier alpha value is -2.87. The zero-order chi connectivity index (χ0) is 20.8. The summed E-state index contributed by atoms with van der Waals surface area (Å²) in [5, 5.41) is 12.0. The summed E-state index contributed by atoms with van der Waals surface area (Å²) in [6.07, 6.45) is 5.97. The highest BCUT2D eigenvalue weighted by Crippen LogP contribution is 2.53. The first kappa shape index (κ1) is 19.1. The highest BCUT2D eigenvalue weighted by molar-refractivity contribution is 7.15. The highest BCUT2D eigenvalue weighted by atomic mass is 32.1. The summed E-state index contributed by atoms with van der Waals surface area (Å²) in [6.45, 7) is 1.97. The van der Waals surface area contributed by atoms with Crippen molar-refractivity contribution in [2.24, 2.45) is 23.7 Å². The Balaban J connectivity index is 1.44. The van der Waals surface area contributed by atoms with Crippen LogP contribution < -0.4 is 5.32 Å². The second-order valence-corrected chi connectivity index (χ2v) is 9.16. The number of anilines is 1. The number of aromatic nitrogens is 2. The van der Waals surface area contributed by atoms with E-state index in [1.54, 1.807) is 0 Å². The normalized spacial score (nSPS) is 27.6. The van der Waals surface area contributed by atoms with Gasteiger partial charge in [-0.25, -0.2) is 0 Å². The van der Waals surface area contributed by atoms with Crippen molar-refractivity contribution in [1.29, 1.82) is 0 Å². The predicted octanol–water partition coefficient (Wildman–Crippen LogP) is 2.46. The molecule has 0 radical (unpaired) electrons. The summed E-state index contributed by atoms with van der Waals surface area (Å²) in [6, 6.07) is 8.55. The van der Waals surface area contributed by atoms with Gasteiger partial charge in [0.1, 0.15) is 11.0 Å². The first-order valence-corrected chi connectivity index (χ1v) is 11.1. The Morgan fingerprint density at radius 3 is 2.40 bits per heavy atom. The average Bonchev–Trinajstić information content (AvgIpc) is 3.52. The van der Waals surface area contributed by atoms with Crippen molar-refractivity contribution in [3.63, 3.8) is 0 Å². The van der Waals surface area contributed by atoms with Gasteiger partial charge >= 0.3 is 0 Å². The van der Waals surface area contributed by atoms with Crippen molar-refractivity contribution in [2.75, 3.05) is 5.32 Å². The summed E-state index contributed by atoms with van der Waals surface area (Å²) in [5.74, 6) is -1.28. The van der Waals surface area contributed by atoms with Crippen LogP contribution in [0.1, 0.15) is 23.9 Å². The molecule has 3 amide bonds. The number of nitrogens with zero attached hydrogens (tertiary/aromatic N) is 3. The molecule has 2 aliphatic carbocycles. The van der Waals surface area contributed by atoms with Crippen molar-refractivity contribution in [3.8, 4) is 0 Å². The molecule has 154 valence electrons. The Labute approximate surface area is 178 Å². The molecule has 1 saturated heterocycles. The van der Waals surface area contributed by atoms with Crippen LogP contribution in [0.4, 0.5) is 5.13 Å². The van der Waals surface area contributed by atoms with E-state index in [4.69, 9.17) is 0 Å². The summed E-state index contributed by atoms with van der Waals surface area (Å²) < 4.78 is 0. The van der Waals surface area contributed by atoms with Crippen molar-refractivity contribution in [2.45, 2.75) is 32.2 Å². The summed E-state index contributed by atoms with van der Waals surface area (Å²) in [4.78, 5) is 41.1. The van der Waals surface area contributed by atoms with E-state index in [2.05, 4.69) is 27.7 Å². The number of likely N-dealkylation sites (tertiary alicyclic amines) is 1. The molecule has 2 fully saturated rings. The molecule has 5 atom stereocenters. The molecule has 1 aliphatic heterocycles. The second kappa shape index (κ2) is 7.43. The van der Waals surface area contributed by atoms with Crippen molar-refractivity contribution >= 4 is 34.2 Å². The van der Waals surface area contributed by atoms with Gasteiger partial charge in [0.2, 0.25) is 22.9 Å². The molecular formula is C22H22N4O3S. The Kier molecular flexibility index (Phi) is 4.73. The molecular weight excluding hydrogens is 400 g/mol. The van der Waals surface area contributed by atoms with Gasteiger partial charge in [0.15, 0.2) is 0 Å². The molecule has 3 aliphatic rings. The van der Waals surface area contributed by atoms with Gasteiger partial charge in [-0.15, -0.1) is 10.2 Å². The van der Waals surface area contributed by atoms with Gasteiger partial charge in [-0.3, -0.25) is 24.6 Å². The zero-order valence-corrected chi connectivity index (χ0v) is 17.3. The molecule has 7 nitrogen and oxygen atoms in total. The Morgan fingerprint density at radius 1 is 1.13 bits per heavy atom. The fourth-order valence-corrected chi connectivity index (χ4v) is 5.69. The van der Waals surface area contributed by atoms with Crippen molar-refractivity contribution < 1.29 is 14.4 Å². The Morgan fingerprint density at radius 2 is 1.80 bits per heavy atom. The number of hydrogen-bond acceptors (Lipinski definition) is 6. The fraction of sp³-hybridized carbons (Fsp3) is 0.409. The molecule has 8 heteroatoms. The van der Waals surface area contributed by atoms with Crippen LogP contribution in [0.2, 0.25) is 0 Å². The third-order valence-corrected chi connectivity index (χ3v) is 7.37. The van der Waals surface area contributed by atoms with E-state index in [1.807, 2.05) is 37.3 Å². The van der Waals surface area contributed by atoms with E-state index in [1.165, 1.54) is 16.2 Å². The van der Waals surface area contributed by atoms with Crippen LogP contribution >= 0.6 is 11.3 Å². The molecule has 1 N–H and O–H groups in total. The van der Waals surface area contributed by atoms with Gasteiger partial charge in [-0.05, 0) is 30.2 Å². The maximum atomic E-state index is 13.3. The number of hydrogen-bond donors (Lipinski definition) is 1. The minimum Gasteiger partial charge on any atom is -0.299 e. The largest absolute Gasteiger partial charge is 0.299 e. The number of fused-ring (bicyclic) bond motifs is 5. The molecule has 2 aromatic rings. The van der Waals surface area contributed by atoms with Crippen LogP contribution in [0.25, 0.3) is 0 Å². The number of amides is 3. The molecule has 5 rings (SSSR count). The van der Waals surface area contributed by atoms with Gasteiger partial charge in [0.05, 0.1) is 11.8 Å². The van der Waals surface area contributed by atoms with Crippen LogP contribution in [0.5, 0.6) is 0 Å². The first-order chi connectivity index (χ1) is 14.6. The molecule has 30 heavy (non-hydrogen) atoms. The van der Waals surface area contributed by atoms with Crippen molar-refractivity contribution in [3.05, 3.63) is 53.1 Å². The lowest BCUT2D eigenvalue weighted by atomic mass is 9.85. The smallest absolute Gasteiger partial charge is 0.249 e. The second-order valence-electron chi connectivity index (χ2n) is 8.10. The van der Waals surface area contributed by atoms with Crippen LogP contribution in [-0.2, 0) is 27.2 Å². The minimum absolute atomic E-state index is 0.108. The number of benzene rings is 1. The molecule has 2 heterocycles. The topological polar surface area (TPSA) is 92.3 Å². The van der Waals surface area contributed by atoms with E-state index < -0.39 is 11.9 Å². The molecule has 1 saturated carbocycles. The minimum atomic E-state index is -0.911. The highest BCUT2D eigenvalue weighted by Gasteiger charge is 2.61. The van der Waals surface area contributed by atoms with E-state index in [9.17, 15) is 14.4 Å². The van der Waals surface area contributed by atoms with Crippen LogP contribution in [-0.4, -0.2) is 38.9 Å². The number of allylic oxidation sites excluding steroid dienone is 2. The SMILES string of the molecule is CCc1nnc(NC(=O)[C@@H](Cc2ccccc2)N2C(=O)[C@@H]3[C@H](C2=O)[C@H]2C=C[C@H]3C2)s1. The summed E-state index contributed by atoms with van der Waals surface area (Å²) in [5.41, 5.74) is 0.892. The summed E-state index contributed by atoms with van der Waals surface area (Å²) >= 11 is 1.30. The van der Waals surface area contributed by atoms with Crippen molar-refractivity contribution in [1.82, 2.24) is 15.1 Å². The Bertz CT molecular complexity index is 1000. The molecule has 2 bridgehead atoms. The molecule has 0 unspecified atom stereocenters. The maximum Gasteiger partial charge on any atom is 0.249 e. The predicted molar refractivity (Wildman–Crippen MR) is 111 cm³/mol. The van der Waals surface area contributed by atoms with E-state index in [0.717, 1.165) is 23.4 Å². The van der Waals surface area contributed by atoms with Crippen LogP contribution in [0.3, 0.4) is 0 Å². The fourth-order valence-electron chi connectivity index (χ4n) is 5.01. The van der Waals surface area contributed by atoms with Crippen LogP contribution in [0.15, 0.2) is 42.5 Å². The average molecular weight is 423 g/mol. The number of carbonyl (C=O) groups excluding carboxylic acids is 3. The monoisotopic (exact) mass is 422 g/mol. The molecule has 1 aromatic heterocycles. The van der Waals surface area contributed by atoms with Gasteiger partial charge in [-0.2, -0.15) is 0 Å². The lowest BCUT2D eigenvalue weighted by Gasteiger charge is -2.26. The lowest BCUT2D eigenvalue weighted by molar-refractivity contribution is -0.147. The molecule has 1 aromatic carbocycles. The van der Waals surface area contributed by atoms with E-state index in [0.29, 0.717) is 5.13 Å². The standard InChI is InChI=1S/C22H22N4O3S/c1-2-16-24-25-22(30-16)23-19(27)15(10-12-6-4-3-5-7-12)26-20(28)17-13-8-9-14(11-13)18(17)21(26)29/h3-9,13-15,17-18H,2,10-11H2,1H3,(H,23,25,27)/t13-,14-,15+,17-,18+/m0/s1. The summed E-state index contributed by atoms with van der Waals surface area (Å²) in [7, 11) is 0.